The van der Waals surface area contributed by atoms with Crippen molar-refractivity contribution in [2.24, 2.45) is 0 Å². The molecule has 3 heteroatoms. The van der Waals surface area contributed by atoms with Gasteiger partial charge in [-0.1, -0.05) is 24.6 Å². The summed E-state index contributed by atoms with van der Waals surface area (Å²) in [5.74, 6) is 0.986. The molecular formula is C12H16N2S. The van der Waals surface area contributed by atoms with Gasteiger partial charge in [-0.3, -0.25) is 4.68 Å². The van der Waals surface area contributed by atoms with E-state index in [-0.39, 0.29) is 0 Å². The van der Waals surface area contributed by atoms with Crippen LogP contribution in [0, 0.1) is 0 Å². The quantitative estimate of drug-likeness (QED) is 0.605. The largest absolute Gasteiger partial charge is 0.265 e. The van der Waals surface area contributed by atoms with Crippen molar-refractivity contribution in [2.45, 2.75) is 25.8 Å². The van der Waals surface area contributed by atoms with Crippen molar-refractivity contribution in [3.63, 3.8) is 0 Å². The van der Waals surface area contributed by atoms with E-state index in [0.29, 0.717) is 0 Å². The second-order valence-electron chi connectivity index (χ2n) is 3.71. The van der Waals surface area contributed by atoms with Gasteiger partial charge in [0.15, 0.2) is 0 Å². The Bertz CT molecular complexity index is 422. The smallest absolute Gasteiger partial charge is 0.0682 e. The van der Waals surface area contributed by atoms with E-state index >= 15 is 0 Å². The molecule has 0 aliphatic heterocycles. The standard InChI is InChI=1S/C12H16N2S/c15-9-5-1-4-8-14-12-7-3-2-6-11(12)10-13-14/h2-3,6-7,10,15H,1,4-5,8-9H2. The molecule has 0 bridgehead atoms. The first-order chi connectivity index (χ1) is 7.42. The second-order valence-corrected chi connectivity index (χ2v) is 4.16. The van der Waals surface area contributed by atoms with Crippen molar-refractivity contribution >= 4 is 23.5 Å². The number of benzene rings is 1. The maximum absolute atomic E-state index is 4.39. The van der Waals surface area contributed by atoms with Crippen LogP contribution in [0.3, 0.4) is 0 Å². The van der Waals surface area contributed by atoms with Gasteiger partial charge in [-0.2, -0.15) is 17.7 Å². The summed E-state index contributed by atoms with van der Waals surface area (Å²) < 4.78 is 2.09. The fraction of sp³-hybridized carbons (Fsp3) is 0.417. The van der Waals surface area contributed by atoms with Gasteiger partial charge >= 0.3 is 0 Å². The molecule has 0 amide bonds. The van der Waals surface area contributed by atoms with E-state index < -0.39 is 0 Å². The molecule has 0 spiro atoms. The van der Waals surface area contributed by atoms with Crippen molar-refractivity contribution in [2.75, 3.05) is 5.75 Å². The number of thiol groups is 1. The minimum Gasteiger partial charge on any atom is -0.265 e. The molecule has 0 aliphatic carbocycles. The lowest BCUT2D eigenvalue weighted by Gasteiger charge is -2.02. The van der Waals surface area contributed by atoms with Crippen molar-refractivity contribution in [1.29, 1.82) is 0 Å². The highest BCUT2D eigenvalue weighted by molar-refractivity contribution is 7.80. The van der Waals surface area contributed by atoms with Gasteiger partial charge in [0.1, 0.15) is 0 Å². The molecule has 0 radical (unpaired) electrons. The predicted molar refractivity (Wildman–Crippen MR) is 67.4 cm³/mol. The lowest BCUT2D eigenvalue weighted by atomic mass is 10.2. The molecule has 0 atom stereocenters. The first kappa shape index (κ1) is 10.6. The molecule has 2 aromatic rings. The SMILES string of the molecule is SCCCCCn1ncc2ccccc21. The number of para-hydroxylation sites is 1. The van der Waals surface area contributed by atoms with Crippen molar-refractivity contribution < 1.29 is 0 Å². The number of aryl methyl sites for hydroxylation is 1. The van der Waals surface area contributed by atoms with E-state index in [2.05, 4.69) is 46.7 Å². The maximum atomic E-state index is 4.39. The zero-order valence-corrected chi connectivity index (χ0v) is 9.66. The third-order valence-corrected chi connectivity index (χ3v) is 2.90. The van der Waals surface area contributed by atoms with E-state index in [4.69, 9.17) is 0 Å². The fourth-order valence-corrected chi connectivity index (χ4v) is 1.98. The molecular weight excluding hydrogens is 204 g/mol. The molecule has 0 aliphatic rings. The van der Waals surface area contributed by atoms with Crippen LogP contribution in [-0.2, 0) is 6.54 Å². The third kappa shape index (κ3) is 2.53. The number of aromatic nitrogens is 2. The third-order valence-electron chi connectivity index (χ3n) is 2.58. The topological polar surface area (TPSA) is 17.8 Å². The Morgan fingerprint density at radius 3 is 2.87 bits per heavy atom. The predicted octanol–water partition coefficient (Wildman–Crippen LogP) is 3.14. The Morgan fingerprint density at radius 2 is 2.00 bits per heavy atom. The Morgan fingerprint density at radius 1 is 1.13 bits per heavy atom. The molecule has 1 aromatic heterocycles. The van der Waals surface area contributed by atoms with Gasteiger partial charge in [0.25, 0.3) is 0 Å². The molecule has 2 nitrogen and oxygen atoms in total. The van der Waals surface area contributed by atoms with Crippen LogP contribution in [0.2, 0.25) is 0 Å². The summed E-state index contributed by atoms with van der Waals surface area (Å²) in [5, 5.41) is 5.62. The van der Waals surface area contributed by atoms with Crippen LogP contribution in [-0.4, -0.2) is 15.5 Å². The summed E-state index contributed by atoms with van der Waals surface area (Å²) in [5.41, 5.74) is 1.24. The Labute approximate surface area is 95.7 Å². The van der Waals surface area contributed by atoms with Gasteiger partial charge in [0.05, 0.1) is 11.7 Å². The Kier molecular flexibility index (Phi) is 3.67. The average Bonchev–Trinajstić information content (AvgIpc) is 2.68. The highest BCUT2D eigenvalue weighted by atomic mass is 32.1. The molecule has 15 heavy (non-hydrogen) atoms. The van der Waals surface area contributed by atoms with Crippen molar-refractivity contribution in [3.8, 4) is 0 Å². The lowest BCUT2D eigenvalue weighted by Crippen LogP contribution is -1.99. The monoisotopic (exact) mass is 220 g/mol. The normalized spacial score (nSPS) is 11.0. The van der Waals surface area contributed by atoms with Gasteiger partial charge in [0.2, 0.25) is 0 Å². The van der Waals surface area contributed by atoms with Crippen LogP contribution in [0.25, 0.3) is 10.9 Å². The Balaban J connectivity index is 2.02. The van der Waals surface area contributed by atoms with Crippen LogP contribution in [0.1, 0.15) is 19.3 Å². The highest BCUT2D eigenvalue weighted by Crippen LogP contribution is 2.13. The second kappa shape index (κ2) is 5.21. The van der Waals surface area contributed by atoms with E-state index in [1.807, 2.05) is 6.20 Å². The first-order valence-electron chi connectivity index (χ1n) is 5.43. The van der Waals surface area contributed by atoms with Gasteiger partial charge in [-0.05, 0) is 24.7 Å². The maximum Gasteiger partial charge on any atom is 0.0682 e. The molecule has 0 saturated heterocycles. The molecule has 0 fully saturated rings. The molecule has 1 heterocycles. The molecule has 0 N–H and O–H groups in total. The highest BCUT2D eigenvalue weighted by Gasteiger charge is 2.00. The van der Waals surface area contributed by atoms with E-state index in [1.165, 1.54) is 30.2 Å². The lowest BCUT2D eigenvalue weighted by molar-refractivity contribution is 0.569. The average molecular weight is 220 g/mol. The fourth-order valence-electron chi connectivity index (χ4n) is 1.75. The zero-order valence-electron chi connectivity index (χ0n) is 8.76. The van der Waals surface area contributed by atoms with Crippen LogP contribution in [0.5, 0.6) is 0 Å². The van der Waals surface area contributed by atoms with E-state index in [1.54, 1.807) is 0 Å². The number of hydrogen-bond acceptors (Lipinski definition) is 2. The number of fused-ring (bicyclic) bond motifs is 1. The first-order valence-corrected chi connectivity index (χ1v) is 6.06. The minimum atomic E-state index is 0.986. The van der Waals surface area contributed by atoms with Gasteiger partial charge < -0.3 is 0 Å². The van der Waals surface area contributed by atoms with Gasteiger partial charge in [0, 0.05) is 11.9 Å². The summed E-state index contributed by atoms with van der Waals surface area (Å²) in [7, 11) is 0. The number of unbranched alkanes of at least 4 members (excludes halogenated alkanes) is 2. The van der Waals surface area contributed by atoms with Crippen LogP contribution < -0.4 is 0 Å². The van der Waals surface area contributed by atoms with E-state index in [0.717, 1.165) is 12.3 Å². The molecule has 0 saturated carbocycles. The summed E-state index contributed by atoms with van der Waals surface area (Å²) in [6.07, 6.45) is 5.56. The summed E-state index contributed by atoms with van der Waals surface area (Å²) >= 11 is 4.21. The van der Waals surface area contributed by atoms with Crippen molar-refractivity contribution in [1.82, 2.24) is 9.78 Å². The summed E-state index contributed by atoms with van der Waals surface area (Å²) in [4.78, 5) is 0. The summed E-state index contributed by atoms with van der Waals surface area (Å²) in [6, 6.07) is 8.34. The van der Waals surface area contributed by atoms with Gasteiger partial charge in [-0.25, -0.2) is 0 Å². The molecule has 80 valence electrons. The van der Waals surface area contributed by atoms with E-state index in [9.17, 15) is 0 Å². The number of nitrogens with zero attached hydrogens (tertiary/aromatic N) is 2. The number of hydrogen-bond donors (Lipinski definition) is 1. The molecule has 0 unspecified atom stereocenters. The summed E-state index contributed by atoms with van der Waals surface area (Å²) in [6.45, 7) is 1.02. The minimum absolute atomic E-state index is 0.986. The number of rotatable bonds is 5. The molecule has 1 aromatic carbocycles. The zero-order chi connectivity index (χ0) is 10.5. The van der Waals surface area contributed by atoms with Crippen LogP contribution in [0.4, 0.5) is 0 Å². The van der Waals surface area contributed by atoms with Crippen LogP contribution >= 0.6 is 12.6 Å². The van der Waals surface area contributed by atoms with Gasteiger partial charge in [-0.15, -0.1) is 0 Å². The Hall–Kier alpha value is -0.960. The van der Waals surface area contributed by atoms with Crippen molar-refractivity contribution in [3.05, 3.63) is 30.5 Å². The van der Waals surface area contributed by atoms with Crippen LogP contribution in [0.15, 0.2) is 30.5 Å². The molecule has 2 rings (SSSR count).